The number of hydrogen-bond acceptors (Lipinski definition) is 3. The van der Waals surface area contributed by atoms with E-state index in [1.54, 1.807) is 0 Å². The van der Waals surface area contributed by atoms with Gasteiger partial charge in [-0.05, 0) is 39.2 Å². The normalized spacial score (nSPS) is 22.8. The van der Waals surface area contributed by atoms with Gasteiger partial charge in [0.25, 0.3) is 0 Å². The van der Waals surface area contributed by atoms with Crippen molar-refractivity contribution in [3.8, 4) is 0 Å². The van der Waals surface area contributed by atoms with Gasteiger partial charge >= 0.3 is 5.97 Å². The fraction of sp³-hybridized carbons (Fsp3) is 0.923. The third kappa shape index (κ3) is 2.97. The largest absolute Gasteiger partial charge is 0.469 e. The third-order valence-electron chi connectivity index (χ3n) is 3.52. The molecule has 3 heteroatoms. The number of esters is 1. The Kier molecular flexibility index (Phi) is 4.36. The van der Waals surface area contributed by atoms with Crippen LogP contribution in [0.2, 0.25) is 0 Å². The molecular weight excluding hydrogens is 202 g/mol. The van der Waals surface area contributed by atoms with Crippen LogP contribution >= 0.6 is 0 Å². The van der Waals surface area contributed by atoms with Gasteiger partial charge in [0.15, 0.2) is 0 Å². The highest BCUT2D eigenvalue weighted by molar-refractivity contribution is 5.76. The molecule has 1 aliphatic heterocycles. The standard InChI is InChI=1S/C13H25NO2/c1-10(2)11-7-6-8-14(11)9-13(3,4)12(15)16-5/h10-11H,6-9H2,1-5H3. The van der Waals surface area contributed by atoms with Crippen LogP contribution in [-0.2, 0) is 9.53 Å². The highest BCUT2D eigenvalue weighted by Gasteiger charge is 2.36. The molecule has 0 saturated carbocycles. The van der Waals surface area contributed by atoms with Gasteiger partial charge in [0, 0.05) is 12.6 Å². The lowest BCUT2D eigenvalue weighted by molar-refractivity contribution is -0.152. The summed E-state index contributed by atoms with van der Waals surface area (Å²) in [5.74, 6) is 0.554. The number of rotatable bonds is 4. The predicted octanol–water partition coefficient (Wildman–Crippen LogP) is 2.31. The van der Waals surface area contributed by atoms with E-state index in [2.05, 4.69) is 18.7 Å². The molecule has 0 bridgehead atoms. The van der Waals surface area contributed by atoms with Gasteiger partial charge in [-0.3, -0.25) is 9.69 Å². The Balaban J connectivity index is 2.62. The third-order valence-corrected chi connectivity index (χ3v) is 3.52. The molecular formula is C13H25NO2. The minimum Gasteiger partial charge on any atom is -0.469 e. The highest BCUT2D eigenvalue weighted by Crippen LogP contribution is 2.28. The molecule has 0 radical (unpaired) electrons. The number of carbonyl (C=O) groups is 1. The van der Waals surface area contributed by atoms with Crippen LogP contribution in [0.5, 0.6) is 0 Å². The number of methoxy groups -OCH3 is 1. The molecule has 0 aromatic carbocycles. The van der Waals surface area contributed by atoms with Gasteiger partial charge in [0.1, 0.15) is 0 Å². The Morgan fingerprint density at radius 1 is 1.50 bits per heavy atom. The van der Waals surface area contributed by atoms with E-state index in [-0.39, 0.29) is 5.97 Å². The van der Waals surface area contributed by atoms with Gasteiger partial charge in [0.2, 0.25) is 0 Å². The molecule has 16 heavy (non-hydrogen) atoms. The van der Waals surface area contributed by atoms with Crippen LogP contribution in [0.3, 0.4) is 0 Å². The maximum atomic E-state index is 11.6. The Hall–Kier alpha value is -0.570. The van der Waals surface area contributed by atoms with Crippen molar-refractivity contribution in [2.24, 2.45) is 11.3 Å². The number of ether oxygens (including phenoxy) is 1. The van der Waals surface area contributed by atoms with E-state index in [9.17, 15) is 4.79 Å². The van der Waals surface area contributed by atoms with Crippen LogP contribution in [-0.4, -0.2) is 37.1 Å². The molecule has 0 N–H and O–H groups in total. The van der Waals surface area contributed by atoms with E-state index in [0.29, 0.717) is 12.0 Å². The van der Waals surface area contributed by atoms with Crippen molar-refractivity contribution in [3.63, 3.8) is 0 Å². The summed E-state index contributed by atoms with van der Waals surface area (Å²) in [6.07, 6.45) is 2.51. The number of hydrogen-bond donors (Lipinski definition) is 0. The summed E-state index contributed by atoms with van der Waals surface area (Å²) in [5, 5.41) is 0. The number of nitrogens with zero attached hydrogens (tertiary/aromatic N) is 1. The molecule has 0 aliphatic carbocycles. The molecule has 0 aromatic rings. The maximum Gasteiger partial charge on any atom is 0.312 e. The minimum atomic E-state index is -0.397. The van der Waals surface area contributed by atoms with Crippen molar-refractivity contribution >= 4 is 5.97 Å². The molecule has 1 heterocycles. The van der Waals surface area contributed by atoms with E-state index < -0.39 is 5.41 Å². The van der Waals surface area contributed by atoms with Crippen LogP contribution in [0.4, 0.5) is 0 Å². The molecule has 94 valence electrons. The molecule has 1 atom stereocenters. The Morgan fingerprint density at radius 2 is 2.12 bits per heavy atom. The zero-order valence-corrected chi connectivity index (χ0v) is 11.2. The van der Waals surface area contributed by atoms with E-state index in [0.717, 1.165) is 13.1 Å². The van der Waals surface area contributed by atoms with E-state index in [4.69, 9.17) is 4.74 Å². The Bertz CT molecular complexity index is 248. The first-order valence-corrected chi connectivity index (χ1v) is 6.21. The summed E-state index contributed by atoms with van der Waals surface area (Å²) in [6, 6.07) is 0.629. The first-order chi connectivity index (χ1) is 7.38. The van der Waals surface area contributed by atoms with E-state index in [1.807, 2.05) is 13.8 Å². The van der Waals surface area contributed by atoms with Gasteiger partial charge < -0.3 is 4.74 Å². The summed E-state index contributed by atoms with van der Waals surface area (Å²) in [4.78, 5) is 14.1. The minimum absolute atomic E-state index is 0.109. The first-order valence-electron chi connectivity index (χ1n) is 6.21. The average molecular weight is 227 g/mol. The molecule has 1 saturated heterocycles. The van der Waals surface area contributed by atoms with Crippen molar-refractivity contribution in [1.29, 1.82) is 0 Å². The molecule has 0 amide bonds. The second-order valence-electron chi connectivity index (χ2n) is 5.80. The van der Waals surface area contributed by atoms with Crippen molar-refractivity contribution in [1.82, 2.24) is 4.90 Å². The molecule has 3 nitrogen and oxygen atoms in total. The molecule has 0 spiro atoms. The molecule has 1 rings (SSSR count). The Morgan fingerprint density at radius 3 is 2.62 bits per heavy atom. The van der Waals surface area contributed by atoms with E-state index in [1.165, 1.54) is 20.0 Å². The highest BCUT2D eigenvalue weighted by atomic mass is 16.5. The van der Waals surface area contributed by atoms with E-state index >= 15 is 0 Å². The lowest BCUT2D eigenvalue weighted by Crippen LogP contribution is -2.43. The van der Waals surface area contributed by atoms with Gasteiger partial charge in [-0.2, -0.15) is 0 Å². The summed E-state index contributed by atoms with van der Waals surface area (Å²) in [6.45, 7) is 10.4. The fourth-order valence-corrected chi connectivity index (χ4v) is 2.65. The predicted molar refractivity (Wildman–Crippen MR) is 65.2 cm³/mol. The maximum absolute atomic E-state index is 11.6. The molecule has 1 aliphatic rings. The number of carbonyl (C=O) groups excluding carboxylic acids is 1. The first kappa shape index (κ1) is 13.5. The van der Waals surface area contributed by atoms with Gasteiger partial charge in [-0.15, -0.1) is 0 Å². The second kappa shape index (κ2) is 5.17. The monoisotopic (exact) mass is 227 g/mol. The zero-order chi connectivity index (χ0) is 12.3. The number of likely N-dealkylation sites (tertiary alicyclic amines) is 1. The topological polar surface area (TPSA) is 29.5 Å². The molecule has 0 aromatic heterocycles. The second-order valence-corrected chi connectivity index (χ2v) is 5.80. The quantitative estimate of drug-likeness (QED) is 0.690. The Labute approximate surface area is 99.1 Å². The van der Waals surface area contributed by atoms with Crippen LogP contribution in [0.25, 0.3) is 0 Å². The van der Waals surface area contributed by atoms with Crippen molar-refractivity contribution in [2.75, 3.05) is 20.2 Å². The van der Waals surface area contributed by atoms with Crippen LogP contribution in [0.1, 0.15) is 40.5 Å². The lowest BCUT2D eigenvalue weighted by atomic mass is 9.91. The van der Waals surface area contributed by atoms with Gasteiger partial charge in [-0.25, -0.2) is 0 Å². The summed E-state index contributed by atoms with van der Waals surface area (Å²) >= 11 is 0. The van der Waals surface area contributed by atoms with Crippen LogP contribution < -0.4 is 0 Å². The van der Waals surface area contributed by atoms with Crippen molar-refractivity contribution in [2.45, 2.75) is 46.6 Å². The van der Waals surface area contributed by atoms with Crippen LogP contribution in [0.15, 0.2) is 0 Å². The summed E-state index contributed by atoms with van der Waals surface area (Å²) < 4.78 is 4.86. The SMILES string of the molecule is COC(=O)C(C)(C)CN1CCCC1C(C)C. The molecule has 1 unspecified atom stereocenters. The summed E-state index contributed by atoms with van der Waals surface area (Å²) in [7, 11) is 1.47. The van der Waals surface area contributed by atoms with Gasteiger partial charge in [0.05, 0.1) is 12.5 Å². The van der Waals surface area contributed by atoms with Crippen molar-refractivity contribution in [3.05, 3.63) is 0 Å². The van der Waals surface area contributed by atoms with Crippen molar-refractivity contribution < 1.29 is 9.53 Å². The van der Waals surface area contributed by atoms with Crippen LogP contribution in [0, 0.1) is 11.3 Å². The van der Waals surface area contributed by atoms with Gasteiger partial charge in [-0.1, -0.05) is 13.8 Å². The average Bonchev–Trinajstić information content (AvgIpc) is 2.63. The fourth-order valence-electron chi connectivity index (χ4n) is 2.65. The lowest BCUT2D eigenvalue weighted by Gasteiger charge is -2.33. The smallest absolute Gasteiger partial charge is 0.312 e. The summed E-state index contributed by atoms with van der Waals surface area (Å²) in [5.41, 5.74) is -0.397. The molecule has 1 fully saturated rings. The zero-order valence-electron chi connectivity index (χ0n) is 11.2.